The third-order valence-electron chi connectivity index (χ3n) is 3.73. The molecule has 0 aromatic heterocycles. The van der Waals surface area contributed by atoms with Crippen LogP contribution >= 0.6 is 0 Å². The van der Waals surface area contributed by atoms with Gasteiger partial charge in [-0.05, 0) is 45.0 Å². The van der Waals surface area contributed by atoms with Crippen molar-refractivity contribution in [1.82, 2.24) is 4.90 Å². The second-order valence-corrected chi connectivity index (χ2v) is 4.99. The number of rotatable bonds is 3. The number of piperidine rings is 1. The largest absolute Gasteiger partial charge is 0.495 e. The zero-order valence-electron chi connectivity index (χ0n) is 11.3. The first-order valence-electron chi connectivity index (χ1n) is 6.33. The second-order valence-electron chi connectivity index (χ2n) is 4.99. The SMILES string of the molecule is COc1cc(C2CCN(C)CC2)c([N+](=O)[O-])cc1N. The van der Waals surface area contributed by atoms with E-state index in [4.69, 9.17) is 10.5 Å². The van der Waals surface area contributed by atoms with Crippen LogP contribution in [-0.2, 0) is 0 Å². The molecule has 1 aliphatic rings. The first-order chi connectivity index (χ1) is 9.02. The molecule has 0 radical (unpaired) electrons. The summed E-state index contributed by atoms with van der Waals surface area (Å²) in [6.45, 7) is 1.91. The van der Waals surface area contributed by atoms with E-state index in [1.54, 1.807) is 6.07 Å². The molecule has 1 aromatic rings. The molecule has 19 heavy (non-hydrogen) atoms. The van der Waals surface area contributed by atoms with Gasteiger partial charge < -0.3 is 15.4 Å². The van der Waals surface area contributed by atoms with Gasteiger partial charge in [0.15, 0.2) is 0 Å². The Morgan fingerprint density at radius 2 is 2.05 bits per heavy atom. The Balaban J connectivity index is 2.39. The highest BCUT2D eigenvalue weighted by Crippen LogP contribution is 2.38. The summed E-state index contributed by atoms with van der Waals surface area (Å²) in [5.41, 5.74) is 6.91. The highest BCUT2D eigenvalue weighted by atomic mass is 16.6. The third kappa shape index (κ3) is 2.78. The van der Waals surface area contributed by atoms with E-state index in [0.29, 0.717) is 11.4 Å². The van der Waals surface area contributed by atoms with E-state index < -0.39 is 0 Å². The van der Waals surface area contributed by atoms with Gasteiger partial charge in [-0.3, -0.25) is 10.1 Å². The lowest BCUT2D eigenvalue weighted by Crippen LogP contribution is -2.29. The van der Waals surface area contributed by atoms with Crippen molar-refractivity contribution in [2.45, 2.75) is 18.8 Å². The lowest BCUT2D eigenvalue weighted by atomic mass is 9.88. The fourth-order valence-corrected chi connectivity index (χ4v) is 2.58. The summed E-state index contributed by atoms with van der Waals surface area (Å²) < 4.78 is 5.17. The van der Waals surface area contributed by atoms with Gasteiger partial charge in [-0.1, -0.05) is 0 Å². The number of likely N-dealkylation sites (tertiary alicyclic amines) is 1. The number of methoxy groups -OCH3 is 1. The maximum absolute atomic E-state index is 11.2. The van der Waals surface area contributed by atoms with Gasteiger partial charge in [0.2, 0.25) is 0 Å². The number of hydrogen-bond acceptors (Lipinski definition) is 5. The molecule has 6 heteroatoms. The van der Waals surface area contributed by atoms with Crippen LogP contribution < -0.4 is 10.5 Å². The van der Waals surface area contributed by atoms with E-state index in [0.717, 1.165) is 31.5 Å². The fraction of sp³-hybridized carbons (Fsp3) is 0.538. The Morgan fingerprint density at radius 1 is 1.42 bits per heavy atom. The molecule has 104 valence electrons. The molecule has 0 aliphatic carbocycles. The van der Waals surface area contributed by atoms with Crippen molar-refractivity contribution < 1.29 is 9.66 Å². The van der Waals surface area contributed by atoms with Crippen LogP contribution in [0.25, 0.3) is 0 Å². The highest BCUT2D eigenvalue weighted by Gasteiger charge is 2.27. The minimum Gasteiger partial charge on any atom is -0.495 e. The summed E-state index contributed by atoms with van der Waals surface area (Å²) in [6, 6.07) is 3.13. The molecule has 6 nitrogen and oxygen atoms in total. The van der Waals surface area contributed by atoms with Crippen LogP contribution in [0.15, 0.2) is 12.1 Å². The monoisotopic (exact) mass is 265 g/mol. The minimum absolute atomic E-state index is 0.104. The number of nitrogens with two attached hydrogens (primary N) is 1. The van der Waals surface area contributed by atoms with Crippen molar-refractivity contribution in [3.63, 3.8) is 0 Å². The average Bonchev–Trinajstić information content (AvgIpc) is 2.39. The number of anilines is 1. The van der Waals surface area contributed by atoms with Gasteiger partial charge in [0.05, 0.1) is 17.7 Å². The molecule has 0 bridgehead atoms. The van der Waals surface area contributed by atoms with Crippen molar-refractivity contribution in [3.8, 4) is 5.75 Å². The molecule has 1 aromatic carbocycles. The number of ether oxygens (including phenoxy) is 1. The molecule has 0 saturated carbocycles. The van der Waals surface area contributed by atoms with Crippen molar-refractivity contribution in [2.24, 2.45) is 0 Å². The van der Waals surface area contributed by atoms with E-state index in [1.165, 1.54) is 13.2 Å². The summed E-state index contributed by atoms with van der Waals surface area (Å²) >= 11 is 0. The second kappa shape index (κ2) is 5.44. The first-order valence-corrected chi connectivity index (χ1v) is 6.33. The van der Waals surface area contributed by atoms with E-state index in [1.807, 2.05) is 0 Å². The third-order valence-corrected chi connectivity index (χ3v) is 3.73. The van der Waals surface area contributed by atoms with E-state index in [9.17, 15) is 10.1 Å². The molecule has 2 rings (SSSR count). The van der Waals surface area contributed by atoms with Gasteiger partial charge >= 0.3 is 0 Å². The summed E-state index contributed by atoms with van der Waals surface area (Å²) in [4.78, 5) is 13.1. The molecular weight excluding hydrogens is 246 g/mol. The Hall–Kier alpha value is -1.82. The van der Waals surface area contributed by atoms with E-state index >= 15 is 0 Å². The number of nitro benzene ring substituents is 1. The van der Waals surface area contributed by atoms with Gasteiger partial charge in [0.1, 0.15) is 5.75 Å². The number of hydrogen-bond donors (Lipinski definition) is 1. The molecule has 1 fully saturated rings. The van der Waals surface area contributed by atoms with Gasteiger partial charge in [0, 0.05) is 11.6 Å². The van der Waals surface area contributed by atoms with Crippen LogP contribution in [0.2, 0.25) is 0 Å². The Morgan fingerprint density at radius 3 is 2.58 bits per heavy atom. The number of nitrogen functional groups attached to an aromatic ring is 1. The Kier molecular flexibility index (Phi) is 3.90. The number of nitrogens with zero attached hydrogens (tertiary/aromatic N) is 2. The van der Waals surface area contributed by atoms with Crippen LogP contribution in [-0.4, -0.2) is 37.1 Å². The van der Waals surface area contributed by atoms with Crippen molar-refractivity contribution >= 4 is 11.4 Å². The van der Waals surface area contributed by atoms with Gasteiger partial charge in [-0.25, -0.2) is 0 Å². The number of benzene rings is 1. The average molecular weight is 265 g/mol. The van der Waals surface area contributed by atoms with Crippen LogP contribution in [0, 0.1) is 10.1 Å². The molecule has 2 N–H and O–H groups in total. The number of nitro groups is 1. The van der Waals surface area contributed by atoms with Gasteiger partial charge in [-0.2, -0.15) is 0 Å². The summed E-state index contributed by atoms with van der Waals surface area (Å²) in [6.07, 6.45) is 1.84. The molecule has 0 unspecified atom stereocenters. The topological polar surface area (TPSA) is 81.6 Å². The Labute approximate surface area is 112 Å². The molecule has 0 atom stereocenters. The summed E-state index contributed by atoms with van der Waals surface area (Å²) in [5.74, 6) is 0.714. The van der Waals surface area contributed by atoms with E-state index in [2.05, 4.69) is 11.9 Å². The summed E-state index contributed by atoms with van der Waals surface area (Å²) in [7, 11) is 3.59. The zero-order chi connectivity index (χ0) is 14.0. The van der Waals surface area contributed by atoms with Crippen molar-refractivity contribution in [1.29, 1.82) is 0 Å². The molecule has 1 heterocycles. The molecule has 0 amide bonds. The highest BCUT2D eigenvalue weighted by molar-refractivity contribution is 5.62. The van der Waals surface area contributed by atoms with Gasteiger partial charge in [-0.15, -0.1) is 0 Å². The van der Waals surface area contributed by atoms with Crippen molar-refractivity contribution in [3.05, 3.63) is 27.8 Å². The maximum Gasteiger partial charge on any atom is 0.275 e. The Bertz CT molecular complexity index is 482. The van der Waals surface area contributed by atoms with Crippen molar-refractivity contribution in [2.75, 3.05) is 33.0 Å². The van der Waals surface area contributed by atoms with E-state index in [-0.39, 0.29) is 16.5 Å². The minimum atomic E-state index is -0.358. The van der Waals surface area contributed by atoms with Gasteiger partial charge in [0.25, 0.3) is 5.69 Å². The smallest absolute Gasteiger partial charge is 0.275 e. The van der Waals surface area contributed by atoms with Crippen LogP contribution in [0.4, 0.5) is 11.4 Å². The fourth-order valence-electron chi connectivity index (χ4n) is 2.58. The lowest BCUT2D eigenvalue weighted by Gasteiger charge is -2.29. The molecule has 1 saturated heterocycles. The van der Waals surface area contributed by atoms with Crippen LogP contribution in [0.1, 0.15) is 24.3 Å². The molecular formula is C13H19N3O3. The normalized spacial score (nSPS) is 17.4. The molecule has 0 spiro atoms. The summed E-state index contributed by atoms with van der Waals surface area (Å²) in [5, 5.41) is 11.2. The predicted octanol–water partition coefficient (Wildman–Crippen LogP) is 1.99. The van der Waals surface area contributed by atoms with Crippen LogP contribution in [0.5, 0.6) is 5.75 Å². The first kappa shape index (κ1) is 13.6. The predicted molar refractivity (Wildman–Crippen MR) is 73.5 cm³/mol. The standard InChI is InChI=1S/C13H19N3O3/c1-15-5-3-9(4-6-15)10-7-13(19-2)11(14)8-12(10)16(17)18/h7-9H,3-6,14H2,1-2H3. The zero-order valence-corrected chi connectivity index (χ0v) is 11.3. The quantitative estimate of drug-likeness (QED) is 0.513. The maximum atomic E-state index is 11.2. The molecule has 1 aliphatic heterocycles. The van der Waals surface area contributed by atoms with Crippen LogP contribution in [0.3, 0.4) is 0 Å². The lowest BCUT2D eigenvalue weighted by molar-refractivity contribution is -0.385.